The average molecular weight is 488 g/mol. The van der Waals surface area contributed by atoms with Crippen molar-refractivity contribution in [3.8, 4) is 0 Å². The minimum atomic E-state index is -0.684. The lowest BCUT2D eigenvalue weighted by molar-refractivity contribution is -0.158. The monoisotopic (exact) mass is 487 g/mol. The van der Waals surface area contributed by atoms with E-state index in [-0.39, 0.29) is 11.7 Å². The highest BCUT2D eigenvalue weighted by molar-refractivity contribution is 7.18. The molecule has 1 heterocycles. The van der Waals surface area contributed by atoms with E-state index in [1.807, 2.05) is 19.9 Å². The first-order valence-electron chi connectivity index (χ1n) is 11.6. The number of esters is 1. The second-order valence-electron chi connectivity index (χ2n) is 9.11. The molecule has 8 heteroatoms. The smallest absolute Gasteiger partial charge is 0.349 e. The zero-order chi connectivity index (χ0) is 25.0. The number of fused-ring (bicyclic) bond motifs is 1. The van der Waals surface area contributed by atoms with Crippen LogP contribution >= 0.6 is 11.3 Å². The van der Waals surface area contributed by atoms with Crippen molar-refractivity contribution in [2.24, 2.45) is 5.92 Å². The molecule has 0 saturated heterocycles. The zero-order valence-corrected chi connectivity index (χ0v) is 21.5. The highest BCUT2D eigenvalue weighted by atomic mass is 32.1. The second-order valence-corrected chi connectivity index (χ2v) is 10.1. The van der Waals surface area contributed by atoms with Crippen LogP contribution in [0.5, 0.6) is 0 Å². The van der Waals surface area contributed by atoms with Gasteiger partial charge < -0.3 is 19.1 Å². The van der Waals surface area contributed by atoms with Crippen molar-refractivity contribution >= 4 is 34.0 Å². The van der Waals surface area contributed by atoms with E-state index in [0.717, 1.165) is 11.3 Å². The number of amides is 1. The maximum absolute atomic E-state index is 13.8. The Morgan fingerprint density at radius 3 is 2.29 bits per heavy atom. The Labute approximate surface area is 205 Å². The van der Waals surface area contributed by atoms with Gasteiger partial charge in [0.1, 0.15) is 15.5 Å². The van der Waals surface area contributed by atoms with Gasteiger partial charge in [-0.25, -0.2) is 4.79 Å². The Kier molecular flexibility index (Phi) is 8.28. The maximum Gasteiger partial charge on any atom is 0.349 e. The summed E-state index contributed by atoms with van der Waals surface area (Å²) in [4.78, 5) is 41.9. The third kappa shape index (κ3) is 5.56. The minimum Gasteiger partial charge on any atom is -0.456 e. The molecule has 0 bridgehead atoms. The molecule has 2 aromatic rings. The fourth-order valence-electron chi connectivity index (χ4n) is 4.02. The van der Waals surface area contributed by atoms with Crippen molar-refractivity contribution in [1.82, 2.24) is 0 Å². The van der Waals surface area contributed by atoms with Crippen molar-refractivity contribution in [3.05, 3.63) is 51.9 Å². The van der Waals surface area contributed by atoms with Crippen molar-refractivity contribution < 1.29 is 28.6 Å². The highest BCUT2D eigenvalue weighted by Crippen LogP contribution is 2.43. The molecule has 1 aliphatic rings. The van der Waals surface area contributed by atoms with Crippen LogP contribution < -0.4 is 4.90 Å². The van der Waals surface area contributed by atoms with Gasteiger partial charge in [-0.3, -0.25) is 9.59 Å². The van der Waals surface area contributed by atoms with Crippen LogP contribution in [0.4, 0.5) is 5.00 Å². The van der Waals surface area contributed by atoms with Crippen LogP contribution in [0, 0.1) is 5.92 Å². The van der Waals surface area contributed by atoms with Crippen LogP contribution in [0.1, 0.15) is 77.0 Å². The third-order valence-corrected chi connectivity index (χ3v) is 6.77. The normalized spacial score (nSPS) is 15.9. The Balaban J connectivity index is 2.08. The summed E-state index contributed by atoms with van der Waals surface area (Å²) in [7, 11) is 1.62. The molecule has 7 nitrogen and oxygen atoms in total. The Hall–Kier alpha value is -2.55. The van der Waals surface area contributed by atoms with Gasteiger partial charge in [-0.1, -0.05) is 18.2 Å². The van der Waals surface area contributed by atoms with E-state index >= 15 is 0 Å². The number of rotatable bonds is 8. The Bertz CT molecular complexity index is 1030. The Morgan fingerprint density at radius 1 is 1.12 bits per heavy atom. The molecule has 3 rings (SSSR count). The van der Waals surface area contributed by atoms with Crippen LogP contribution in [0.3, 0.4) is 0 Å². The molecular weight excluding hydrogens is 454 g/mol. The first-order chi connectivity index (χ1) is 16.1. The maximum atomic E-state index is 13.8. The predicted octanol–water partition coefficient (Wildman–Crippen LogP) is 5.12. The summed E-state index contributed by atoms with van der Waals surface area (Å²) in [6.45, 7) is 9.93. The van der Waals surface area contributed by atoms with E-state index in [4.69, 9.17) is 14.2 Å². The summed E-state index contributed by atoms with van der Waals surface area (Å²) in [5.41, 5.74) is 0.830. The van der Waals surface area contributed by atoms with Crippen LogP contribution in [0.25, 0.3) is 0 Å². The molecule has 34 heavy (non-hydrogen) atoms. The van der Waals surface area contributed by atoms with E-state index in [0.29, 0.717) is 52.6 Å². The number of ether oxygens (including phenoxy) is 3. The molecule has 1 aromatic carbocycles. The summed E-state index contributed by atoms with van der Waals surface area (Å²) >= 11 is 1.13. The van der Waals surface area contributed by atoms with Crippen molar-refractivity contribution in [3.63, 3.8) is 0 Å². The molecular formula is C26H33NO6S. The summed E-state index contributed by atoms with van der Waals surface area (Å²) < 4.78 is 17.1. The second kappa shape index (κ2) is 10.8. The van der Waals surface area contributed by atoms with Crippen molar-refractivity contribution in [1.29, 1.82) is 0 Å². The van der Waals surface area contributed by atoms with Gasteiger partial charge in [-0.2, -0.15) is 0 Å². The summed E-state index contributed by atoms with van der Waals surface area (Å²) in [6, 6.07) is 8.84. The lowest BCUT2D eigenvalue weighted by Gasteiger charge is -2.30. The quantitative estimate of drug-likeness (QED) is 0.380. The minimum absolute atomic E-state index is 0.179. The van der Waals surface area contributed by atoms with Crippen LogP contribution in [-0.2, 0) is 20.6 Å². The van der Waals surface area contributed by atoms with E-state index in [1.54, 1.807) is 52.1 Å². The van der Waals surface area contributed by atoms with Gasteiger partial charge in [0.2, 0.25) is 0 Å². The van der Waals surface area contributed by atoms with E-state index in [9.17, 15) is 14.4 Å². The highest BCUT2D eigenvalue weighted by Gasteiger charge is 2.41. The standard InChI is InChI=1S/C26H33NO6S/c1-7-31-25(32-8-2)18-15-14-17-19(20(18)28)23(34-21(17)24(30)33-26(3,4)5)27(6)22(29)16-12-10-9-11-13-16/h9-13,18,25H,7-8,14-15H2,1-6H3. The Morgan fingerprint density at radius 2 is 1.74 bits per heavy atom. The van der Waals surface area contributed by atoms with Gasteiger partial charge in [0.15, 0.2) is 12.1 Å². The number of carbonyl (C=O) groups excluding carboxylic acids is 3. The van der Waals surface area contributed by atoms with E-state index < -0.39 is 23.8 Å². The molecule has 0 N–H and O–H groups in total. The van der Waals surface area contributed by atoms with E-state index in [2.05, 4.69) is 0 Å². The van der Waals surface area contributed by atoms with Gasteiger partial charge >= 0.3 is 5.97 Å². The van der Waals surface area contributed by atoms with Crippen LogP contribution in [-0.4, -0.2) is 49.8 Å². The van der Waals surface area contributed by atoms with Gasteiger partial charge in [0.05, 0.1) is 11.5 Å². The fraction of sp³-hybridized carbons (Fsp3) is 0.500. The van der Waals surface area contributed by atoms with Crippen molar-refractivity contribution in [2.75, 3.05) is 25.2 Å². The van der Waals surface area contributed by atoms with Crippen LogP contribution in [0.15, 0.2) is 30.3 Å². The van der Waals surface area contributed by atoms with Gasteiger partial charge in [0.25, 0.3) is 5.91 Å². The summed E-state index contributed by atoms with van der Waals surface area (Å²) in [5, 5.41) is 0.436. The number of ketones is 1. The number of Topliss-reactive ketones (excluding diaryl/α,β-unsaturated/α-hetero) is 1. The average Bonchev–Trinajstić information content (AvgIpc) is 3.18. The molecule has 0 spiro atoms. The van der Waals surface area contributed by atoms with Gasteiger partial charge in [-0.05, 0) is 65.2 Å². The van der Waals surface area contributed by atoms with Gasteiger partial charge in [-0.15, -0.1) is 11.3 Å². The van der Waals surface area contributed by atoms with Gasteiger partial charge in [0, 0.05) is 25.8 Å². The summed E-state index contributed by atoms with van der Waals surface area (Å²) in [6.07, 6.45) is 0.295. The number of hydrogen-bond donors (Lipinski definition) is 0. The molecule has 0 fully saturated rings. The third-order valence-electron chi connectivity index (χ3n) is 5.48. The van der Waals surface area contributed by atoms with Crippen LogP contribution in [0.2, 0.25) is 0 Å². The first-order valence-corrected chi connectivity index (χ1v) is 12.4. The predicted molar refractivity (Wildman–Crippen MR) is 132 cm³/mol. The zero-order valence-electron chi connectivity index (χ0n) is 20.7. The topological polar surface area (TPSA) is 82.1 Å². The number of thiophene rings is 1. The number of nitrogens with zero attached hydrogens (tertiary/aromatic N) is 1. The van der Waals surface area contributed by atoms with Crippen molar-refractivity contribution in [2.45, 2.75) is 59.4 Å². The molecule has 1 unspecified atom stereocenters. The summed E-state index contributed by atoms with van der Waals surface area (Å²) in [5.74, 6) is -1.45. The first kappa shape index (κ1) is 26.1. The lowest BCUT2D eigenvalue weighted by atomic mass is 9.82. The number of benzene rings is 1. The number of anilines is 1. The largest absolute Gasteiger partial charge is 0.456 e. The molecule has 184 valence electrons. The number of hydrogen-bond acceptors (Lipinski definition) is 7. The molecule has 1 amide bonds. The molecule has 0 aliphatic heterocycles. The lowest BCUT2D eigenvalue weighted by Crippen LogP contribution is -2.37. The number of carbonyl (C=O) groups is 3. The molecule has 1 atom stereocenters. The SMILES string of the molecule is CCOC(OCC)C1CCc2c(C(=O)OC(C)(C)C)sc(N(C)C(=O)c3ccccc3)c2C1=O. The molecule has 0 saturated carbocycles. The molecule has 0 radical (unpaired) electrons. The van der Waals surface area contributed by atoms with E-state index in [1.165, 1.54) is 4.90 Å². The fourth-order valence-corrected chi connectivity index (χ4v) is 5.21. The molecule has 1 aromatic heterocycles. The molecule has 1 aliphatic carbocycles.